The Hall–Kier alpha value is -1.55. The standard InChI is InChI=1S/C15H22N2O2/c1-2-14(12-4-3-5-13(16)10-12)17-8-6-11(7-9-17)15(18)19/h3-5,10-11,14H,2,6-9,16H2,1H3,(H,18,19). The summed E-state index contributed by atoms with van der Waals surface area (Å²) in [6.07, 6.45) is 2.50. The molecule has 1 fully saturated rings. The van der Waals surface area contributed by atoms with Gasteiger partial charge < -0.3 is 10.8 Å². The first-order valence-electron chi connectivity index (χ1n) is 6.94. The molecule has 1 atom stereocenters. The molecule has 1 unspecified atom stereocenters. The molecule has 0 radical (unpaired) electrons. The second-order valence-electron chi connectivity index (χ2n) is 5.24. The van der Waals surface area contributed by atoms with E-state index in [9.17, 15) is 4.79 Å². The molecule has 4 heteroatoms. The lowest BCUT2D eigenvalue weighted by molar-refractivity contribution is -0.143. The fraction of sp³-hybridized carbons (Fsp3) is 0.533. The molecule has 0 bridgehead atoms. The van der Waals surface area contributed by atoms with E-state index in [0.717, 1.165) is 38.0 Å². The summed E-state index contributed by atoms with van der Waals surface area (Å²) in [6.45, 7) is 3.87. The van der Waals surface area contributed by atoms with Gasteiger partial charge in [-0.1, -0.05) is 19.1 Å². The van der Waals surface area contributed by atoms with Crippen molar-refractivity contribution in [3.63, 3.8) is 0 Å². The predicted octanol–water partition coefficient (Wildman–Crippen LogP) is 2.52. The van der Waals surface area contributed by atoms with Gasteiger partial charge in [0, 0.05) is 11.7 Å². The summed E-state index contributed by atoms with van der Waals surface area (Å²) in [6, 6.07) is 8.35. The Balaban J connectivity index is 2.05. The lowest BCUT2D eigenvalue weighted by Gasteiger charge is -2.36. The number of carboxylic acid groups (broad SMARTS) is 1. The number of carboxylic acids is 1. The van der Waals surface area contributed by atoms with Crippen LogP contribution in [-0.2, 0) is 4.79 Å². The van der Waals surface area contributed by atoms with E-state index >= 15 is 0 Å². The Morgan fingerprint density at radius 2 is 2.16 bits per heavy atom. The molecule has 0 aliphatic carbocycles. The van der Waals surface area contributed by atoms with E-state index in [4.69, 9.17) is 10.8 Å². The number of nitrogens with two attached hydrogens (primary N) is 1. The van der Waals surface area contributed by atoms with E-state index in [2.05, 4.69) is 17.9 Å². The molecule has 0 aromatic heterocycles. The molecule has 1 aromatic rings. The van der Waals surface area contributed by atoms with Crippen LogP contribution in [0.15, 0.2) is 24.3 Å². The normalized spacial score (nSPS) is 19.2. The molecule has 1 aliphatic rings. The molecule has 3 N–H and O–H groups in total. The fourth-order valence-corrected chi connectivity index (χ4v) is 2.93. The number of anilines is 1. The number of hydrogen-bond acceptors (Lipinski definition) is 3. The van der Waals surface area contributed by atoms with Crippen molar-refractivity contribution in [1.82, 2.24) is 4.90 Å². The molecule has 1 saturated heterocycles. The van der Waals surface area contributed by atoms with Gasteiger partial charge in [-0.2, -0.15) is 0 Å². The number of piperidine rings is 1. The van der Waals surface area contributed by atoms with E-state index in [-0.39, 0.29) is 5.92 Å². The van der Waals surface area contributed by atoms with Gasteiger partial charge in [-0.3, -0.25) is 9.69 Å². The van der Waals surface area contributed by atoms with Crippen LogP contribution in [0.3, 0.4) is 0 Å². The molecular formula is C15H22N2O2. The van der Waals surface area contributed by atoms with Crippen LogP contribution in [0, 0.1) is 5.92 Å². The van der Waals surface area contributed by atoms with E-state index in [1.54, 1.807) is 0 Å². The van der Waals surface area contributed by atoms with Crippen molar-refractivity contribution < 1.29 is 9.90 Å². The zero-order chi connectivity index (χ0) is 13.8. The van der Waals surface area contributed by atoms with Gasteiger partial charge in [0.1, 0.15) is 0 Å². The van der Waals surface area contributed by atoms with Gasteiger partial charge in [0.2, 0.25) is 0 Å². The summed E-state index contributed by atoms with van der Waals surface area (Å²) in [5.41, 5.74) is 7.87. The number of nitrogen functional groups attached to an aromatic ring is 1. The maximum Gasteiger partial charge on any atom is 0.306 e. The quantitative estimate of drug-likeness (QED) is 0.818. The van der Waals surface area contributed by atoms with E-state index in [1.807, 2.05) is 18.2 Å². The first-order valence-corrected chi connectivity index (χ1v) is 6.94. The summed E-state index contributed by atoms with van der Waals surface area (Å²) >= 11 is 0. The number of hydrogen-bond donors (Lipinski definition) is 2. The Kier molecular flexibility index (Phi) is 4.43. The van der Waals surface area contributed by atoms with Crippen LogP contribution >= 0.6 is 0 Å². The van der Waals surface area contributed by atoms with Crippen LogP contribution in [0.5, 0.6) is 0 Å². The van der Waals surface area contributed by atoms with Gasteiger partial charge in [0.25, 0.3) is 0 Å². The summed E-state index contributed by atoms with van der Waals surface area (Å²) in [5.74, 6) is -0.828. The molecule has 0 amide bonds. The first kappa shape index (κ1) is 13.9. The maximum atomic E-state index is 11.0. The van der Waals surface area contributed by atoms with Gasteiger partial charge in [-0.05, 0) is 50.0 Å². The number of nitrogens with zero attached hydrogens (tertiary/aromatic N) is 1. The van der Waals surface area contributed by atoms with E-state index in [1.165, 1.54) is 5.56 Å². The topological polar surface area (TPSA) is 66.6 Å². The van der Waals surface area contributed by atoms with Crippen LogP contribution < -0.4 is 5.73 Å². The van der Waals surface area contributed by atoms with Crippen molar-refractivity contribution in [1.29, 1.82) is 0 Å². The number of likely N-dealkylation sites (tertiary alicyclic amines) is 1. The van der Waals surface area contributed by atoms with Crippen LogP contribution in [0.2, 0.25) is 0 Å². The lowest BCUT2D eigenvalue weighted by Crippen LogP contribution is -2.38. The molecular weight excluding hydrogens is 240 g/mol. The molecule has 19 heavy (non-hydrogen) atoms. The van der Waals surface area contributed by atoms with Gasteiger partial charge >= 0.3 is 5.97 Å². The zero-order valence-corrected chi connectivity index (χ0v) is 11.4. The molecule has 0 saturated carbocycles. The molecule has 104 valence electrons. The predicted molar refractivity (Wildman–Crippen MR) is 75.8 cm³/mol. The van der Waals surface area contributed by atoms with Crippen molar-refractivity contribution in [3.8, 4) is 0 Å². The average Bonchev–Trinajstić information content (AvgIpc) is 2.40. The van der Waals surface area contributed by atoms with Crippen molar-refractivity contribution in [2.24, 2.45) is 5.92 Å². The Labute approximate surface area is 114 Å². The lowest BCUT2D eigenvalue weighted by atomic mass is 9.93. The smallest absolute Gasteiger partial charge is 0.306 e. The average molecular weight is 262 g/mol. The van der Waals surface area contributed by atoms with Gasteiger partial charge in [0.05, 0.1) is 5.92 Å². The monoisotopic (exact) mass is 262 g/mol. The SMILES string of the molecule is CCC(c1cccc(N)c1)N1CCC(C(=O)O)CC1. The maximum absolute atomic E-state index is 11.0. The van der Waals surface area contributed by atoms with Gasteiger partial charge in [-0.15, -0.1) is 0 Å². The Morgan fingerprint density at radius 3 is 2.68 bits per heavy atom. The van der Waals surface area contributed by atoms with E-state index < -0.39 is 5.97 Å². The van der Waals surface area contributed by atoms with Gasteiger partial charge in [-0.25, -0.2) is 0 Å². The van der Waals surface area contributed by atoms with Crippen LogP contribution in [-0.4, -0.2) is 29.1 Å². The van der Waals surface area contributed by atoms with Crippen molar-refractivity contribution in [2.45, 2.75) is 32.2 Å². The highest BCUT2D eigenvalue weighted by atomic mass is 16.4. The Bertz CT molecular complexity index is 440. The number of benzene rings is 1. The van der Waals surface area contributed by atoms with Crippen molar-refractivity contribution in [3.05, 3.63) is 29.8 Å². The van der Waals surface area contributed by atoms with Crippen LogP contribution in [0.4, 0.5) is 5.69 Å². The molecule has 1 aromatic carbocycles. The Morgan fingerprint density at radius 1 is 1.47 bits per heavy atom. The third-order valence-corrected chi connectivity index (χ3v) is 4.00. The molecule has 2 rings (SSSR count). The van der Waals surface area contributed by atoms with Gasteiger partial charge in [0.15, 0.2) is 0 Å². The third-order valence-electron chi connectivity index (χ3n) is 4.00. The second-order valence-corrected chi connectivity index (χ2v) is 5.24. The number of rotatable bonds is 4. The zero-order valence-electron chi connectivity index (χ0n) is 11.4. The highest BCUT2D eigenvalue weighted by molar-refractivity contribution is 5.70. The first-order chi connectivity index (χ1) is 9.11. The summed E-state index contributed by atoms with van der Waals surface area (Å²) < 4.78 is 0. The van der Waals surface area contributed by atoms with E-state index in [0.29, 0.717) is 6.04 Å². The minimum Gasteiger partial charge on any atom is -0.481 e. The fourth-order valence-electron chi connectivity index (χ4n) is 2.93. The highest BCUT2D eigenvalue weighted by Gasteiger charge is 2.28. The minimum atomic E-state index is -0.656. The molecule has 4 nitrogen and oxygen atoms in total. The summed E-state index contributed by atoms with van der Waals surface area (Å²) in [4.78, 5) is 13.4. The molecule has 1 aliphatic heterocycles. The van der Waals surface area contributed by atoms with Crippen molar-refractivity contribution in [2.75, 3.05) is 18.8 Å². The summed E-state index contributed by atoms with van der Waals surface area (Å²) in [7, 11) is 0. The van der Waals surface area contributed by atoms with Crippen molar-refractivity contribution >= 4 is 11.7 Å². The third kappa shape index (κ3) is 3.26. The second kappa shape index (κ2) is 6.06. The molecule has 1 heterocycles. The van der Waals surface area contributed by atoms with Crippen LogP contribution in [0.1, 0.15) is 37.8 Å². The van der Waals surface area contributed by atoms with Crippen LogP contribution in [0.25, 0.3) is 0 Å². The minimum absolute atomic E-state index is 0.172. The molecule has 0 spiro atoms. The number of carbonyl (C=O) groups is 1. The summed E-state index contributed by atoms with van der Waals surface area (Å²) in [5, 5.41) is 9.04. The largest absolute Gasteiger partial charge is 0.481 e. The highest BCUT2D eigenvalue weighted by Crippen LogP contribution is 2.30. The number of aliphatic carboxylic acids is 1.